The zero-order valence-corrected chi connectivity index (χ0v) is 12.7. The first-order valence-electron chi connectivity index (χ1n) is 6.46. The Morgan fingerprint density at radius 3 is 2.85 bits per heavy atom. The van der Waals surface area contributed by atoms with Crippen molar-refractivity contribution in [2.45, 2.75) is 13.3 Å². The van der Waals surface area contributed by atoms with Gasteiger partial charge in [0.05, 0.1) is 0 Å². The van der Waals surface area contributed by atoms with Crippen LogP contribution in [0.5, 0.6) is 0 Å². The summed E-state index contributed by atoms with van der Waals surface area (Å²) in [6.07, 6.45) is 9.62. The fraction of sp³-hybridized carbons (Fsp3) is 0.118. The van der Waals surface area contributed by atoms with Crippen molar-refractivity contribution in [1.29, 1.82) is 0 Å². The molecule has 0 spiro atoms. The first-order chi connectivity index (χ1) is 9.66. The van der Waals surface area contributed by atoms with Crippen LogP contribution in [0, 0.1) is 0 Å². The number of rotatable bonds is 2. The number of hydrogen-bond donors (Lipinski definition) is 1. The highest BCUT2D eigenvalue weighted by Crippen LogP contribution is 2.46. The van der Waals surface area contributed by atoms with Gasteiger partial charge in [0, 0.05) is 20.9 Å². The van der Waals surface area contributed by atoms with Gasteiger partial charge in [-0.05, 0) is 54.9 Å². The zero-order valence-electron chi connectivity index (χ0n) is 11.1. The summed E-state index contributed by atoms with van der Waals surface area (Å²) in [5.74, 6) is 0. The molecule has 1 nitrogen and oxygen atoms in total. The van der Waals surface area contributed by atoms with E-state index in [4.69, 9.17) is 12.2 Å². The molecule has 100 valence electrons. The van der Waals surface area contributed by atoms with E-state index >= 15 is 0 Å². The van der Waals surface area contributed by atoms with E-state index in [-0.39, 0.29) is 5.05 Å². The summed E-state index contributed by atoms with van der Waals surface area (Å²) in [5, 5.41) is 9.64. The molecular formula is C17H14OS2. The maximum atomic E-state index is 9.69. The van der Waals surface area contributed by atoms with Crippen LogP contribution < -0.4 is 0 Å². The van der Waals surface area contributed by atoms with E-state index in [0.717, 1.165) is 22.5 Å². The minimum Gasteiger partial charge on any atom is -0.499 e. The Kier molecular flexibility index (Phi) is 3.64. The molecule has 1 aromatic carbocycles. The second kappa shape index (κ2) is 5.43. The Labute approximate surface area is 128 Å². The van der Waals surface area contributed by atoms with Gasteiger partial charge in [-0.25, -0.2) is 0 Å². The third-order valence-corrected chi connectivity index (χ3v) is 4.85. The number of benzene rings is 1. The molecule has 0 unspecified atom stereocenters. The SMILES string of the molecule is CC1=C2CC=CC=C2SC(c2ccccc2C(O)=S)=C1. The molecule has 0 saturated heterocycles. The maximum Gasteiger partial charge on any atom is 0.189 e. The van der Waals surface area contributed by atoms with Crippen LogP contribution in [-0.4, -0.2) is 10.2 Å². The van der Waals surface area contributed by atoms with Crippen molar-refractivity contribution in [2.75, 3.05) is 0 Å². The summed E-state index contributed by atoms with van der Waals surface area (Å²) in [5.41, 5.74) is 4.40. The predicted octanol–water partition coefficient (Wildman–Crippen LogP) is 5.17. The van der Waals surface area contributed by atoms with E-state index < -0.39 is 0 Å². The number of hydrogen-bond acceptors (Lipinski definition) is 2. The van der Waals surface area contributed by atoms with Crippen LogP contribution in [0.3, 0.4) is 0 Å². The average Bonchev–Trinajstić information content (AvgIpc) is 2.47. The lowest BCUT2D eigenvalue weighted by Gasteiger charge is -2.23. The lowest BCUT2D eigenvalue weighted by atomic mass is 9.99. The molecule has 1 aromatic rings. The topological polar surface area (TPSA) is 20.2 Å². The summed E-state index contributed by atoms with van der Waals surface area (Å²) in [7, 11) is 0. The highest BCUT2D eigenvalue weighted by molar-refractivity contribution is 8.12. The third kappa shape index (κ3) is 2.39. The van der Waals surface area contributed by atoms with Crippen molar-refractivity contribution >= 4 is 33.9 Å². The van der Waals surface area contributed by atoms with Crippen molar-refractivity contribution < 1.29 is 5.11 Å². The van der Waals surface area contributed by atoms with Gasteiger partial charge in [0.2, 0.25) is 0 Å². The molecule has 3 rings (SSSR count). The quantitative estimate of drug-likeness (QED) is 0.761. The van der Waals surface area contributed by atoms with Crippen LogP contribution in [0.1, 0.15) is 24.5 Å². The molecule has 1 aliphatic heterocycles. The number of aliphatic hydroxyl groups is 1. The molecule has 0 atom stereocenters. The van der Waals surface area contributed by atoms with Crippen LogP contribution in [0.4, 0.5) is 0 Å². The molecule has 3 heteroatoms. The smallest absolute Gasteiger partial charge is 0.189 e. The van der Waals surface area contributed by atoms with E-state index in [9.17, 15) is 5.11 Å². The molecule has 0 fully saturated rings. The first-order valence-corrected chi connectivity index (χ1v) is 7.68. The van der Waals surface area contributed by atoms with E-state index in [1.165, 1.54) is 16.1 Å². The summed E-state index contributed by atoms with van der Waals surface area (Å²) < 4.78 is 0. The van der Waals surface area contributed by atoms with Crippen molar-refractivity contribution in [3.63, 3.8) is 0 Å². The standard InChI is InChI=1S/C17H14OS2/c1-11-10-16(20-15-9-5-4-6-12(11)15)13-7-2-3-8-14(13)17(18)19/h2-5,7-10H,6H2,1H3,(H,18,19). The predicted molar refractivity (Wildman–Crippen MR) is 90.9 cm³/mol. The Morgan fingerprint density at radius 2 is 2.05 bits per heavy atom. The molecule has 1 aliphatic carbocycles. The van der Waals surface area contributed by atoms with Crippen LogP contribution in [0.15, 0.2) is 64.6 Å². The second-order valence-electron chi connectivity index (χ2n) is 4.79. The Balaban J connectivity index is 2.09. The van der Waals surface area contributed by atoms with Crippen molar-refractivity contribution in [3.8, 4) is 0 Å². The lowest BCUT2D eigenvalue weighted by Crippen LogP contribution is -2.03. The van der Waals surface area contributed by atoms with Gasteiger partial charge in [0.1, 0.15) is 0 Å². The van der Waals surface area contributed by atoms with Crippen LogP contribution in [-0.2, 0) is 0 Å². The van der Waals surface area contributed by atoms with Crippen LogP contribution in [0.2, 0.25) is 0 Å². The second-order valence-corrected chi connectivity index (χ2v) is 6.26. The minimum atomic E-state index is -0.0490. The summed E-state index contributed by atoms with van der Waals surface area (Å²) in [6.45, 7) is 2.14. The van der Waals surface area contributed by atoms with Gasteiger partial charge in [-0.15, -0.1) is 0 Å². The minimum absolute atomic E-state index is 0.0490. The molecule has 2 aliphatic rings. The van der Waals surface area contributed by atoms with Gasteiger partial charge in [-0.3, -0.25) is 0 Å². The van der Waals surface area contributed by atoms with Crippen molar-refractivity contribution in [2.24, 2.45) is 0 Å². The zero-order chi connectivity index (χ0) is 14.1. The van der Waals surface area contributed by atoms with Crippen molar-refractivity contribution in [3.05, 3.63) is 75.7 Å². The number of thiocarbonyl (C=S) groups is 1. The van der Waals surface area contributed by atoms with E-state index in [2.05, 4.69) is 31.2 Å². The molecule has 0 amide bonds. The van der Waals surface area contributed by atoms with Crippen molar-refractivity contribution in [1.82, 2.24) is 0 Å². The molecule has 0 saturated carbocycles. The molecule has 0 bridgehead atoms. The van der Waals surface area contributed by atoms with E-state index in [0.29, 0.717) is 0 Å². The molecule has 0 aromatic heterocycles. The van der Waals surface area contributed by atoms with Crippen LogP contribution >= 0.6 is 24.0 Å². The average molecular weight is 298 g/mol. The Morgan fingerprint density at radius 1 is 1.25 bits per heavy atom. The molecule has 0 radical (unpaired) electrons. The monoisotopic (exact) mass is 298 g/mol. The van der Waals surface area contributed by atoms with E-state index in [1.54, 1.807) is 11.8 Å². The van der Waals surface area contributed by atoms with Crippen LogP contribution in [0.25, 0.3) is 4.91 Å². The molecule has 20 heavy (non-hydrogen) atoms. The Hall–Kier alpha value is -1.58. The normalized spacial score (nSPS) is 17.4. The highest BCUT2D eigenvalue weighted by atomic mass is 32.2. The van der Waals surface area contributed by atoms with Gasteiger partial charge < -0.3 is 5.11 Å². The van der Waals surface area contributed by atoms with Gasteiger partial charge in [0.15, 0.2) is 5.05 Å². The molecule has 1 heterocycles. The summed E-state index contributed by atoms with van der Waals surface area (Å²) >= 11 is 6.69. The van der Waals surface area contributed by atoms with Gasteiger partial charge >= 0.3 is 0 Å². The van der Waals surface area contributed by atoms with Gasteiger partial charge in [0.25, 0.3) is 0 Å². The number of aliphatic hydroxyl groups excluding tert-OH is 1. The highest BCUT2D eigenvalue weighted by Gasteiger charge is 2.20. The summed E-state index contributed by atoms with van der Waals surface area (Å²) in [6, 6.07) is 7.74. The third-order valence-electron chi connectivity index (χ3n) is 3.47. The molecular weight excluding hydrogens is 284 g/mol. The molecule has 1 N–H and O–H groups in total. The largest absolute Gasteiger partial charge is 0.499 e. The fourth-order valence-electron chi connectivity index (χ4n) is 2.44. The Bertz CT molecular complexity index is 705. The lowest BCUT2D eigenvalue weighted by molar-refractivity contribution is 0.571. The first kappa shape index (κ1) is 13.4. The van der Waals surface area contributed by atoms with E-state index in [1.807, 2.05) is 24.3 Å². The maximum absolute atomic E-state index is 9.69. The summed E-state index contributed by atoms with van der Waals surface area (Å²) in [4.78, 5) is 2.43. The van der Waals surface area contributed by atoms with Gasteiger partial charge in [-0.1, -0.05) is 42.1 Å². The fourth-order valence-corrected chi connectivity index (χ4v) is 3.90. The number of fused-ring (bicyclic) bond motifs is 1. The van der Waals surface area contributed by atoms with Gasteiger partial charge in [-0.2, -0.15) is 0 Å². The number of thioether (sulfide) groups is 1. The number of allylic oxidation sites excluding steroid dienone is 6.